The van der Waals surface area contributed by atoms with E-state index < -0.39 is 0 Å². The zero-order valence-corrected chi connectivity index (χ0v) is 9.60. The molecular formula is C11H16O2S. The third-order valence-corrected chi connectivity index (χ3v) is 3.03. The largest absolute Gasteiger partial charge is 0.496 e. The quantitative estimate of drug-likeness (QED) is 0.777. The number of hydrogen-bond acceptors (Lipinski definition) is 3. The van der Waals surface area contributed by atoms with Gasteiger partial charge in [-0.05, 0) is 24.6 Å². The highest BCUT2D eigenvalue weighted by atomic mass is 32.2. The zero-order chi connectivity index (χ0) is 10.6. The minimum atomic E-state index is 0.182. The third kappa shape index (κ3) is 2.93. The number of hydrogen-bond donors (Lipinski definition) is 1. The normalized spacial score (nSPS) is 12.6. The van der Waals surface area contributed by atoms with Crippen molar-refractivity contribution in [3.8, 4) is 5.75 Å². The molecule has 1 N–H and O–H groups in total. The van der Waals surface area contributed by atoms with Crippen LogP contribution in [0.15, 0.2) is 23.1 Å². The second-order valence-corrected chi connectivity index (χ2v) is 4.75. The number of ether oxygens (including phenoxy) is 1. The summed E-state index contributed by atoms with van der Waals surface area (Å²) < 4.78 is 5.24. The van der Waals surface area contributed by atoms with Crippen LogP contribution in [0.4, 0.5) is 0 Å². The van der Waals surface area contributed by atoms with Crippen LogP contribution in [0.5, 0.6) is 5.75 Å². The van der Waals surface area contributed by atoms with Gasteiger partial charge in [0.15, 0.2) is 0 Å². The van der Waals surface area contributed by atoms with Gasteiger partial charge in [-0.3, -0.25) is 0 Å². The number of aliphatic hydroxyl groups excluding tert-OH is 1. The highest BCUT2D eigenvalue weighted by Gasteiger charge is 2.08. The molecule has 0 aliphatic carbocycles. The van der Waals surface area contributed by atoms with Gasteiger partial charge in [-0.25, -0.2) is 0 Å². The first kappa shape index (κ1) is 11.4. The van der Waals surface area contributed by atoms with Gasteiger partial charge in [0.05, 0.1) is 13.7 Å². The molecule has 0 saturated carbocycles. The molecule has 3 heteroatoms. The van der Waals surface area contributed by atoms with E-state index in [9.17, 15) is 0 Å². The minimum absolute atomic E-state index is 0.182. The van der Waals surface area contributed by atoms with E-state index in [0.29, 0.717) is 0 Å². The third-order valence-electron chi connectivity index (χ3n) is 1.90. The summed E-state index contributed by atoms with van der Waals surface area (Å²) in [5.74, 6) is 0.876. The van der Waals surface area contributed by atoms with E-state index in [1.54, 1.807) is 18.9 Å². The van der Waals surface area contributed by atoms with Crippen LogP contribution in [0.25, 0.3) is 0 Å². The molecule has 0 amide bonds. The molecule has 1 rings (SSSR count). The lowest BCUT2D eigenvalue weighted by Crippen LogP contribution is -2.02. The summed E-state index contributed by atoms with van der Waals surface area (Å²) in [5, 5.41) is 9.17. The average Bonchev–Trinajstić information content (AvgIpc) is 2.18. The maximum Gasteiger partial charge on any atom is 0.132 e. The monoisotopic (exact) mass is 212 g/mol. The summed E-state index contributed by atoms with van der Waals surface area (Å²) in [5.41, 5.74) is 1.21. The molecule has 0 aliphatic heterocycles. The Hall–Kier alpha value is -0.670. The summed E-state index contributed by atoms with van der Waals surface area (Å²) in [7, 11) is 1.67. The van der Waals surface area contributed by atoms with Gasteiger partial charge in [0.1, 0.15) is 5.75 Å². The van der Waals surface area contributed by atoms with Gasteiger partial charge in [-0.1, -0.05) is 13.0 Å². The van der Waals surface area contributed by atoms with E-state index in [4.69, 9.17) is 9.84 Å². The van der Waals surface area contributed by atoms with Crippen LogP contribution in [0.1, 0.15) is 12.5 Å². The van der Waals surface area contributed by atoms with Gasteiger partial charge >= 0.3 is 0 Å². The summed E-state index contributed by atoms with van der Waals surface area (Å²) in [6.45, 7) is 4.22. The van der Waals surface area contributed by atoms with E-state index in [2.05, 4.69) is 6.07 Å². The highest BCUT2D eigenvalue weighted by Crippen LogP contribution is 2.32. The second kappa shape index (κ2) is 5.27. The molecule has 0 aromatic heterocycles. The molecule has 1 atom stereocenters. The van der Waals surface area contributed by atoms with E-state index in [1.165, 1.54) is 5.56 Å². The molecule has 14 heavy (non-hydrogen) atoms. The fraction of sp³-hybridized carbons (Fsp3) is 0.455. The molecule has 1 aromatic rings. The molecule has 0 bridgehead atoms. The van der Waals surface area contributed by atoms with Gasteiger partial charge in [0, 0.05) is 10.1 Å². The van der Waals surface area contributed by atoms with Crippen molar-refractivity contribution in [3.05, 3.63) is 23.8 Å². The van der Waals surface area contributed by atoms with Crippen LogP contribution in [0.3, 0.4) is 0 Å². The molecule has 0 saturated heterocycles. The van der Waals surface area contributed by atoms with Crippen molar-refractivity contribution in [2.24, 2.45) is 0 Å². The minimum Gasteiger partial charge on any atom is -0.496 e. The molecule has 0 fully saturated rings. The smallest absolute Gasteiger partial charge is 0.132 e. The molecule has 1 aromatic carbocycles. The fourth-order valence-electron chi connectivity index (χ4n) is 1.13. The molecular weight excluding hydrogens is 196 g/mol. The van der Waals surface area contributed by atoms with E-state index in [-0.39, 0.29) is 11.9 Å². The van der Waals surface area contributed by atoms with Gasteiger partial charge in [0.25, 0.3) is 0 Å². The summed E-state index contributed by atoms with van der Waals surface area (Å²) in [6.07, 6.45) is 0. The first-order valence-corrected chi connectivity index (χ1v) is 5.47. The molecule has 78 valence electrons. The van der Waals surface area contributed by atoms with E-state index in [1.807, 2.05) is 26.0 Å². The lowest BCUT2D eigenvalue weighted by molar-refractivity contribution is 0.300. The Balaban J connectivity index is 2.87. The summed E-state index contributed by atoms with van der Waals surface area (Å²) >= 11 is 1.63. The van der Waals surface area contributed by atoms with Crippen molar-refractivity contribution < 1.29 is 9.84 Å². The van der Waals surface area contributed by atoms with Crippen LogP contribution >= 0.6 is 11.8 Å². The van der Waals surface area contributed by atoms with Crippen LogP contribution in [-0.4, -0.2) is 24.1 Å². The van der Waals surface area contributed by atoms with Gasteiger partial charge in [-0.15, -0.1) is 11.8 Å². The maximum atomic E-state index is 8.97. The van der Waals surface area contributed by atoms with Gasteiger partial charge < -0.3 is 9.84 Å². The number of aryl methyl sites for hydroxylation is 1. The Bertz CT molecular complexity index is 299. The molecule has 0 radical (unpaired) electrons. The average molecular weight is 212 g/mol. The van der Waals surface area contributed by atoms with Crippen molar-refractivity contribution in [2.75, 3.05) is 13.7 Å². The number of aliphatic hydroxyl groups is 1. The Morgan fingerprint density at radius 2 is 2.21 bits per heavy atom. The SMILES string of the molecule is COc1ccc(C)cc1SC(C)CO. The number of rotatable bonds is 4. The second-order valence-electron chi connectivity index (χ2n) is 3.27. The molecule has 0 spiro atoms. The maximum absolute atomic E-state index is 8.97. The molecule has 0 aliphatic rings. The van der Waals surface area contributed by atoms with E-state index >= 15 is 0 Å². The van der Waals surface area contributed by atoms with Crippen molar-refractivity contribution in [1.82, 2.24) is 0 Å². The predicted octanol–water partition coefficient (Wildman–Crippen LogP) is 2.48. The Morgan fingerprint density at radius 3 is 2.79 bits per heavy atom. The lowest BCUT2D eigenvalue weighted by atomic mass is 10.2. The van der Waals surface area contributed by atoms with Crippen LogP contribution in [0, 0.1) is 6.92 Å². The topological polar surface area (TPSA) is 29.5 Å². The molecule has 1 unspecified atom stereocenters. The Labute approximate surface area is 89.3 Å². The predicted molar refractivity (Wildman–Crippen MR) is 60.1 cm³/mol. The van der Waals surface area contributed by atoms with Gasteiger partial charge in [-0.2, -0.15) is 0 Å². The van der Waals surface area contributed by atoms with Gasteiger partial charge in [0.2, 0.25) is 0 Å². The number of thioether (sulfide) groups is 1. The first-order chi connectivity index (χ1) is 6.67. The lowest BCUT2D eigenvalue weighted by Gasteiger charge is -2.12. The number of benzene rings is 1. The highest BCUT2D eigenvalue weighted by molar-refractivity contribution is 8.00. The Morgan fingerprint density at radius 1 is 1.50 bits per heavy atom. The van der Waals surface area contributed by atoms with Crippen molar-refractivity contribution in [2.45, 2.75) is 24.0 Å². The van der Waals surface area contributed by atoms with Crippen molar-refractivity contribution in [1.29, 1.82) is 0 Å². The fourth-order valence-corrected chi connectivity index (χ4v) is 2.16. The standard InChI is InChI=1S/C11H16O2S/c1-8-4-5-10(13-3)11(6-8)14-9(2)7-12/h4-6,9,12H,7H2,1-3H3. The summed E-state index contributed by atoms with van der Waals surface area (Å²) in [6, 6.07) is 6.06. The summed E-state index contributed by atoms with van der Waals surface area (Å²) in [4.78, 5) is 1.09. The van der Waals surface area contributed by atoms with Crippen LogP contribution < -0.4 is 4.74 Å². The zero-order valence-electron chi connectivity index (χ0n) is 8.78. The molecule has 2 nitrogen and oxygen atoms in total. The van der Waals surface area contributed by atoms with Crippen molar-refractivity contribution in [3.63, 3.8) is 0 Å². The van der Waals surface area contributed by atoms with E-state index in [0.717, 1.165) is 10.6 Å². The van der Waals surface area contributed by atoms with Crippen molar-refractivity contribution >= 4 is 11.8 Å². The van der Waals surface area contributed by atoms with Crippen LogP contribution in [-0.2, 0) is 0 Å². The van der Waals surface area contributed by atoms with Crippen LogP contribution in [0.2, 0.25) is 0 Å². The first-order valence-electron chi connectivity index (χ1n) is 4.59. The number of methoxy groups -OCH3 is 1. The molecule has 0 heterocycles. The Kier molecular flexibility index (Phi) is 4.29.